The van der Waals surface area contributed by atoms with Gasteiger partial charge in [-0.05, 0) is 32.3 Å². The van der Waals surface area contributed by atoms with Gasteiger partial charge in [-0.25, -0.2) is 0 Å². The third-order valence-corrected chi connectivity index (χ3v) is 3.21. The van der Waals surface area contributed by atoms with Gasteiger partial charge in [0, 0.05) is 6.07 Å². The zero-order valence-electron chi connectivity index (χ0n) is 9.90. The monoisotopic (exact) mass is 251 g/mol. The number of ketones is 1. The number of nitrogens with one attached hydrogen (secondary N) is 1. The van der Waals surface area contributed by atoms with Gasteiger partial charge >= 0.3 is 0 Å². The van der Waals surface area contributed by atoms with E-state index in [1.54, 1.807) is 6.92 Å². The summed E-state index contributed by atoms with van der Waals surface area (Å²) in [4.78, 5) is 11.5. The van der Waals surface area contributed by atoms with Crippen molar-refractivity contribution in [2.75, 3.05) is 5.32 Å². The lowest BCUT2D eigenvalue weighted by Crippen LogP contribution is -2.02. The molecule has 17 heavy (non-hydrogen) atoms. The molecular weight excluding hydrogens is 238 g/mol. The van der Waals surface area contributed by atoms with Crippen molar-refractivity contribution in [1.29, 1.82) is 0 Å². The molecule has 0 unspecified atom stereocenters. The van der Waals surface area contributed by atoms with Gasteiger partial charge in [-0.2, -0.15) is 4.37 Å². The van der Waals surface area contributed by atoms with Crippen molar-refractivity contribution < 1.29 is 9.32 Å². The first-order valence-electron chi connectivity index (χ1n) is 5.21. The number of hydrogen-bond donors (Lipinski definition) is 1. The molecule has 0 atom stereocenters. The highest BCUT2D eigenvalue weighted by Gasteiger charge is 2.14. The quantitative estimate of drug-likeness (QED) is 0.846. The van der Waals surface area contributed by atoms with Crippen LogP contribution in [0.15, 0.2) is 10.6 Å². The highest BCUT2D eigenvalue weighted by molar-refractivity contribution is 7.10. The molecule has 0 saturated carbocycles. The maximum Gasteiger partial charge on any atom is 0.164 e. The topological polar surface area (TPSA) is 68.0 Å². The summed E-state index contributed by atoms with van der Waals surface area (Å²) in [5, 5.41) is 7.73. The van der Waals surface area contributed by atoms with Crippen LogP contribution in [-0.4, -0.2) is 15.3 Å². The first-order chi connectivity index (χ1) is 8.08. The molecule has 6 heteroatoms. The van der Waals surface area contributed by atoms with Gasteiger partial charge in [0.05, 0.1) is 23.5 Å². The van der Waals surface area contributed by atoms with Crippen molar-refractivity contribution in [3.05, 3.63) is 28.8 Å². The Morgan fingerprint density at radius 3 is 2.88 bits per heavy atom. The molecule has 0 bridgehead atoms. The number of nitrogens with zero attached hydrogens (tertiary/aromatic N) is 2. The van der Waals surface area contributed by atoms with Gasteiger partial charge in [0.1, 0.15) is 5.00 Å². The molecule has 0 aliphatic carbocycles. The molecule has 0 aromatic carbocycles. The molecule has 5 nitrogen and oxygen atoms in total. The Bertz CT molecular complexity index is 545. The van der Waals surface area contributed by atoms with Crippen molar-refractivity contribution in [1.82, 2.24) is 9.53 Å². The summed E-state index contributed by atoms with van der Waals surface area (Å²) >= 11 is 1.29. The van der Waals surface area contributed by atoms with Gasteiger partial charge in [0.25, 0.3) is 0 Å². The number of hydrogen-bond acceptors (Lipinski definition) is 6. The van der Waals surface area contributed by atoms with E-state index in [0.29, 0.717) is 12.1 Å². The first-order valence-corrected chi connectivity index (χ1v) is 5.98. The molecule has 0 amide bonds. The van der Waals surface area contributed by atoms with E-state index in [0.717, 1.165) is 22.1 Å². The van der Waals surface area contributed by atoms with E-state index in [4.69, 9.17) is 4.52 Å². The van der Waals surface area contributed by atoms with E-state index in [9.17, 15) is 4.79 Å². The Hall–Kier alpha value is -1.69. The molecule has 90 valence electrons. The fourth-order valence-corrected chi connectivity index (χ4v) is 2.41. The van der Waals surface area contributed by atoms with E-state index in [1.807, 2.05) is 19.9 Å². The highest BCUT2D eigenvalue weighted by atomic mass is 32.1. The molecule has 2 heterocycles. The number of anilines is 1. The number of aryl methyl sites for hydroxylation is 2. The van der Waals surface area contributed by atoms with Crippen molar-refractivity contribution >= 4 is 22.3 Å². The molecule has 0 saturated heterocycles. The van der Waals surface area contributed by atoms with Crippen molar-refractivity contribution in [2.24, 2.45) is 0 Å². The molecule has 0 aliphatic heterocycles. The Kier molecular flexibility index (Phi) is 3.23. The zero-order chi connectivity index (χ0) is 12.4. The predicted molar refractivity (Wildman–Crippen MR) is 65.4 cm³/mol. The number of aromatic nitrogens is 2. The van der Waals surface area contributed by atoms with Crippen LogP contribution in [0, 0.1) is 13.8 Å². The molecule has 0 spiro atoms. The number of Topliss-reactive ketones (excluding diaryl/α,β-unsaturated/α-hetero) is 1. The van der Waals surface area contributed by atoms with E-state index in [1.165, 1.54) is 11.5 Å². The van der Waals surface area contributed by atoms with Crippen LogP contribution < -0.4 is 5.32 Å². The molecule has 1 N–H and O–H groups in total. The minimum Gasteiger partial charge on any atom is -0.368 e. The van der Waals surface area contributed by atoms with E-state index >= 15 is 0 Å². The summed E-state index contributed by atoms with van der Waals surface area (Å²) in [6.07, 6.45) is 0. The third-order valence-electron chi connectivity index (χ3n) is 2.31. The smallest absolute Gasteiger partial charge is 0.164 e. The summed E-state index contributed by atoms with van der Waals surface area (Å²) in [6, 6.07) is 1.86. The van der Waals surface area contributed by atoms with Crippen LogP contribution in [0.5, 0.6) is 0 Å². The summed E-state index contributed by atoms with van der Waals surface area (Å²) in [6.45, 7) is 5.74. The molecule has 2 aromatic heterocycles. The zero-order valence-corrected chi connectivity index (χ0v) is 10.7. The summed E-state index contributed by atoms with van der Waals surface area (Å²) in [5.41, 5.74) is 2.26. The summed E-state index contributed by atoms with van der Waals surface area (Å²) < 4.78 is 9.25. The average Bonchev–Trinajstić information content (AvgIpc) is 2.82. The lowest BCUT2D eigenvalue weighted by Gasteiger charge is -2.02. The second-order valence-electron chi connectivity index (χ2n) is 3.82. The maximum absolute atomic E-state index is 11.5. The normalized spacial score (nSPS) is 10.5. The lowest BCUT2D eigenvalue weighted by molar-refractivity contribution is 0.101. The fraction of sp³-hybridized carbons (Fsp3) is 0.364. The Labute approximate surface area is 103 Å². The van der Waals surface area contributed by atoms with Gasteiger partial charge in [0.2, 0.25) is 0 Å². The van der Waals surface area contributed by atoms with Gasteiger partial charge in [-0.3, -0.25) is 4.79 Å². The molecule has 2 rings (SSSR count). The largest absolute Gasteiger partial charge is 0.368 e. The Morgan fingerprint density at radius 1 is 1.53 bits per heavy atom. The van der Waals surface area contributed by atoms with Crippen LogP contribution in [0.1, 0.15) is 34.4 Å². The SMILES string of the molecule is CC(=O)c1c(C)nsc1NCc1cc(C)no1. The second-order valence-corrected chi connectivity index (χ2v) is 4.59. The summed E-state index contributed by atoms with van der Waals surface area (Å²) in [7, 11) is 0. The van der Waals surface area contributed by atoms with E-state index < -0.39 is 0 Å². The predicted octanol–water partition coefficient (Wildman–Crippen LogP) is 2.56. The van der Waals surface area contributed by atoms with Crippen LogP contribution in [0.2, 0.25) is 0 Å². The van der Waals surface area contributed by atoms with Crippen molar-refractivity contribution in [2.45, 2.75) is 27.3 Å². The fourth-order valence-electron chi connectivity index (χ4n) is 1.57. The van der Waals surface area contributed by atoms with Crippen molar-refractivity contribution in [3.63, 3.8) is 0 Å². The van der Waals surface area contributed by atoms with Gasteiger partial charge in [-0.15, -0.1) is 0 Å². The van der Waals surface area contributed by atoms with Crippen LogP contribution in [0.3, 0.4) is 0 Å². The Morgan fingerprint density at radius 2 is 2.29 bits per heavy atom. The molecular formula is C11H13N3O2S. The lowest BCUT2D eigenvalue weighted by atomic mass is 10.2. The summed E-state index contributed by atoms with van der Waals surface area (Å²) in [5.74, 6) is 0.760. The van der Waals surface area contributed by atoms with Crippen LogP contribution in [0.4, 0.5) is 5.00 Å². The van der Waals surface area contributed by atoms with Gasteiger partial charge < -0.3 is 9.84 Å². The van der Waals surface area contributed by atoms with Gasteiger partial charge in [0.15, 0.2) is 11.5 Å². The van der Waals surface area contributed by atoms with Crippen LogP contribution in [-0.2, 0) is 6.54 Å². The van der Waals surface area contributed by atoms with Crippen molar-refractivity contribution in [3.8, 4) is 0 Å². The van der Waals surface area contributed by atoms with E-state index in [-0.39, 0.29) is 5.78 Å². The van der Waals surface area contributed by atoms with Gasteiger partial charge in [-0.1, -0.05) is 5.16 Å². The van der Waals surface area contributed by atoms with E-state index in [2.05, 4.69) is 14.8 Å². The number of carbonyl (C=O) groups is 1. The standard InChI is InChI=1S/C11H13N3O2S/c1-6-4-9(16-13-6)5-12-11-10(8(3)15)7(2)14-17-11/h4,12H,5H2,1-3H3. The highest BCUT2D eigenvalue weighted by Crippen LogP contribution is 2.25. The number of rotatable bonds is 4. The van der Waals surface area contributed by atoms with Crippen LogP contribution in [0.25, 0.3) is 0 Å². The molecule has 0 fully saturated rings. The average molecular weight is 251 g/mol. The minimum absolute atomic E-state index is 0.0208. The third kappa shape index (κ3) is 2.52. The van der Waals surface area contributed by atoms with Crippen LogP contribution >= 0.6 is 11.5 Å². The first kappa shape index (κ1) is 11.8. The molecule has 2 aromatic rings. The minimum atomic E-state index is 0.0208. The number of carbonyl (C=O) groups excluding carboxylic acids is 1. The molecule has 0 aliphatic rings. The maximum atomic E-state index is 11.5. The second kappa shape index (κ2) is 4.67. The molecule has 0 radical (unpaired) electrons. The Balaban J connectivity index is 2.11.